The molecule has 2 rings (SSSR count). The SMILES string of the molecule is N#C/C(=C/NC1CCS(=O)(=O)C1)C(=O)Nc1ccc(N)c(Cl)c1. The summed E-state index contributed by atoms with van der Waals surface area (Å²) < 4.78 is 22.7. The number of rotatable bonds is 4. The number of carbonyl (C=O) groups is 1. The van der Waals surface area contributed by atoms with Gasteiger partial charge in [-0.05, 0) is 24.6 Å². The number of nitrogens with two attached hydrogens (primary N) is 1. The van der Waals surface area contributed by atoms with Gasteiger partial charge in [0, 0.05) is 17.9 Å². The van der Waals surface area contributed by atoms with Crippen LogP contribution in [0.2, 0.25) is 5.02 Å². The number of carbonyl (C=O) groups excluding carboxylic acids is 1. The van der Waals surface area contributed by atoms with Crippen molar-refractivity contribution in [2.45, 2.75) is 12.5 Å². The Bertz CT molecular complexity index is 799. The third kappa shape index (κ3) is 4.61. The van der Waals surface area contributed by atoms with Crippen molar-refractivity contribution in [2.75, 3.05) is 22.6 Å². The van der Waals surface area contributed by atoms with E-state index in [4.69, 9.17) is 22.6 Å². The fourth-order valence-electron chi connectivity index (χ4n) is 2.08. The number of sulfone groups is 1. The van der Waals surface area contributed by atoms with Gasteiger partial charge in [-0.1, -0.05) is 11.6 Å². The summed E-state index contributed by atoms with van der Waals surface area (Å²) in [4.78, 5) is 12.0. The van der Waals surface area contributed by atoms with Crippen LogP contribution in [0.3, 0.4) is 0 Å². The summed E-state index contributed by atoms with van der Waals surface area (Å²) in [5, 5.41) is 14.7. The molecule has 1 amide bonds. The normalized spacial score (nSPS) is 19.8. The van der Waals surface area contributed by atoms with Crippen molar-refractivity contribution < 1.29 is 13.2 Å². The lowest BCUT2D eigenvalue weighted by molar-refractivity contribution is -0.112. The molecule has 0 aromatic heterocycles. The second kappa shape index (κ2) is 6.89. The average molecular weight is 355 g/mol. The van der Waals surface area contributed by atoms with Gasteiger partial charge in [0.05, 0.1) is 22.2 Å². The van der Waals surface area contributed by atoms with Crippen LogP contribution in [0.4, 0.5) is 11.4 Å². The fraction of sp³-hybridized carbons (Fsp3) is 0.286. The van der Waals surface area contributed by atoms with Gasteiger partial charge in [0.25, 0.3) is 5.91 Å². The van der Waals surface area contributed by atoms with Gasteiger partial charge in [0.1, 0.15) is 11.6 Å². The van der Waals surface area contributed by atoms with Crippen molar-refractivity contribution in [3.63, 3.8) is 0 Å². The van der Waals surface area contributed by atoms with Crippen molar-refractivity contribution in [2.24, 2.45) is 0 Å². The molecule has 7 nitrogen and oxygen atoms in total. The summed E-state index contributed by atoms with van der Waals surface area (Å²) in [6.07, 6.45) is 1.69. The number of nitriles is 1. The number of nitrogens with zero attached hydrogens (tertiary/aromatic N) is 1. The Morgan fingerprint density at radius 1 is 1.48 bits per heavy atom. The zero-order chi connectivity index (χ0) is 17.0. The smallest absolute Gasteiger partial charge is 0.267 e. The maximum Gasteiger partial charge on any atom is 0.267 e. The Hall–Kier alpha value is -2.24. The van der Waals surface area contributed by atoms with E-state index in [9.17, 15) is 13.2 Å². The van der Waals surface area contributed by atoms with Gasteiger partial charge < -0.3 is 16.4 Å². The van der Waals surface area contributed by atoms with Gasteiger partial charge in [-0.25, -0.2) is 8.42 Å². The highest BCUT2D eigenvalue weighted by Gasteiger charge is 2.27. The van der Waals surface area contributed by atoms with Crippen molar-refractivity contribution in [1.82, 2.24) is 5.32 Å². The van der Waals surface area contributed by atoms with Gasteiger partial charge in [-0.3, -0.25) is 4.79 Å². The first kappa shape index (κ1) is 17.1. The van der Waals surface area contributed by atoms with Gasteiger partial charge in [-0.15, -0.1) is 0 Å². The van der Waals surface area contributed by atoms with Crippen molar-refractivity contribution >= 4 is 38.7 Å². The Labute approximate surface area is 139 Å². The molecule has 1 fully saturated rings. The monoisotopic (exact) mass is 354 g/mol. The van der Waals surface area contributed by atoms with E-state index in [1.165, 1.54) is 18.3 Å². The topological polar surface area (TPSA) is 125 Å². The van der Waals surface area contributed by atoms with E-state index in [2.05, 4.69) is 10.6 Å². The minimum Gasteiger partial charge on any atom is -0.398 e. The number of halogens is 1. The number of nitrogens with one attached hydrogen (secondary N) is 2. The van der Waals surface area contributed by atoms with Crippen LogP contribution in [-0.2, 0) is 14.6 Å². The summed E-state index contributed by atoms with van der Waals surface area (Å²) in [6, 6.07) is 6.05. The molecule has 1 heterocycles. The number of nitrogen functional groups attached to an aromatic ring is 1. The highest BCUT2D eigenvalue weighted by atomic mass is 35.5. The third-order valence-electron chi connectivity index (χ3n) is 3.32. The predicted octanol–water partition coefficient (Wildman–Crippen LogP) is 1.04. The molecule has 23 heavy (non-hydrogen) atoms. The molecule has 0 radical (unpaired) electrons. The Balaban J connectivity index is 2.02. The van der Waals surface area contributed by atoms with E-state index in [0.717, 1.165) is 0 Å². The molecule has 0 aliphatic carbocycles. The summed E-state index contributed by atoms with van der Waals surface area (Å²) in [6.45, 7) is 0. The fourth-order valence-corrected chi connectivity index (χ4v) is 3.95. The highest BCUT2D eigenvalue weighted by Crippen LogP contribution is 2.22. The van der Waals surface area contributed by atoms with Gasteiger partial charge >= 0.3 is 0 Å². The van der Waals surface area contributed by atoms with E-state index in [1.54, 1.807) is 12.1 Å². The Morgan fingerprint density at radius 3 is 2.78 bits per heavy atom. The Morgan fingerprint density at radius 2 is 2.22 bits per heavy atom. The Kier molecular flexibility index (Phi) is 5.13. The van der Waals surface area contributed by atoms with E-state index in [1.807, 2.05) is 0 Å². The lowest BCUT2D eigenvalue weighted by atomic mass is 10.2. The van der Waals surface area contributed by atoms with Crippen LogP contribution in [0.25, 0.3) is 0 Å². The molecule has 1 aromatic carbocycles. The zero-order valence-electron chi connectivity index (χ0n) is 12.0. The van der Waals surface area contributed by atoms with Gasteiger partial charge in [0.15, 0.2) is 9.84 Å². The first-order chi connectivity index (χ1) is 10.8. The lowest BCUT2D eigenvalue weighted by Gasteiger charge is -2.09. The summed E-state index contributed by atoms with van der Waals surface area (Å²) >= 11 is 5.86. The van der Waals surface area contributed by atoms with Crippen molar-refractivity contribution in [3.8, 4) is 6.07 Å². The molecule has 1 aliphatic heterocycles. The third-order valence-corrected chi connectivity index (χ3v) is 5.41. The quantitative estimate of drug-likeness (QED) is 0.421. The van der Waals surface area contributed by atoms with Gasteiger partial charge in [-0.2, -0.15) is 5.26 Å². The van der Waals surface area contributed by atoms with Crippen molar-refractivity contribution in [3.05, 3.63) is 35.0 Å². The molecular formula is C14H15ClN4O3S. The second-order valence-electron chi connectivity index (χ2n) is 5.13. The molecule has 1 unspecified atom stereocenters. The second-order valence-corrected chi connectivity index (χ2v) is 7.76. The van der Waals surface area contributed by atoms with Crippen LogP contribution in [0.5, 0.6) is 0 Å². The van der Waals surface area contributed by atoms with E-state index in [-0.39, 0.29) is 23.1 Å². The van der Waals surface area contributed by atoms with Crippen molar-refractivity contribution in [1.29, 1.82) is 5.26 Å². The molecule has 0 bridgehead atoms. The summed E-state index contributed by atoms with van der Waals surface area (Å²) in [7, 11) is -3.03. The standard InChI is InChI=1S/C14H15ClN4O3S/c15-12-5-10(1-2-13(12)17)19-14(20)9(6-16)7-18-11-3-4-23(21,22)8-11/h1-2,5,7,11,18H,3-4,8,17H2,(H,19,20)/b9-7-. The zero-order valence-corrected chi connectivity index (χ0v) is 13.6. The van der Waals surface area contributed by atoms with E-state index < -0.39 is 15.7 Å². The lowest BCUT2D eigenvalue weighted by Crippen LogP contribution is -2.27. The van der Waals surface area contributed by atoms with Crippen LogP contribution >= 0.6 is 11.6 Å². The predicted molar refractivity (Wildman–Crippen MR) is 88.4 cm³/mol. The van der Waals surface area contributed by atoms with Crippen LogP contribution in [-0.4, -0.2) is 31.9 Å². The molecule has 1 aliphatic rings. The minimum absolute atomic E-state index is 0.00258. The molecule has 1 atom stereocenters. The molecule has 122 valence electrons. The minimum atomic E-state index is -3.03. The molecule has 1 aromatic rings. The molecule has 1 saturated heterocycles. The van der Waals surface area contributed by atoms with Crippen LogP contribution in [0.15, 0.2) is 30.0 Å². The number of amides is 1. The van der Waals surface area contributed by atoms with Crippen LogP contribution < -0.4 is 16.4 Å². The van der Waals surface area contributed by atoms with E-state index >= 15 is 0 Å². The molecule has 0 spiro atoms. The molecule has 9 heteroatoms. The maximum absolute atomic E-state index is 12.0. The average Bonchev–Trinajstić information content (AvgIpc) is 2.83. The maximum atomic E-state index is 12.0. The largest absolute Gasteiger partial charge is 0.398 e. The number of hydrogen-bond donors (Lipinski definition) is 3. The van der Waals surface area contributed by atoms with Crippen LogP contribution in [0, 0.1) is 11.3 Å². The molecular weight excluding hydrogens is 340 g/mol. The van der Waals surface area contributed by atoms with Crippen LogP contribution in [0.1, 0.15) is 6.42 Å². The number of benzene rings is 1. The summed E-state index contributed by atoms with van der Waals surface area (Å²) in [5.74, 6) is -0.518. The molecule has 4 N–H and O–H groups in total. The first-order valence-corrected chi connectivity index (χ1v) is 8.94. The molecule has 0 saturated carbocycles. The summed E-state index contributed by atoms with van der Waals surface area (Å²) in [5.41, 5.74) is 6.19. The number of anilines is 2. The number of hydrogen-bond acceptors (Lipinski definition) is 6. The highest BCUT2D eigenvalue weighted by molar-refractivity contribution is 7.91. The first-order valence-electron chi connectivity index (χ1n) is 6.74. The van der Waals surface area contributed by atoms with E-state index in [0.29, 0.717) is 22.8 Å². The van der Waals surface area contributed by atoms with Gasteiger partial charge in [0.2, 0.25) is 0 Å².